The van der Waals surface area contributed by atoms with Gasteiger partial charge < -0.3 is 11.1 Å². The highest BCUT2D eigenvalue weighted by Crippen LogP contribution is 2.20. The van der Waals surface area contributed by atoms with Crippen LogP contribution in [0.3, 0.4) is 0 Å². The zero-order valence-electron chi connectivity index (χ0n) is 7.92. The number of carbonyl (C=O) groups is 2. The van der Waals surface area contributed by atoms with E-state index in [0.717, 1.165) is 0 Å². The van der Waals surface area contributed by atoms with Gasteiger partial charge in [-0.15, -0.1) is 0 Å². The first-order chi connectivity index (χ1) is 5.85. The molecule has 1 unspecified atom stereocenters. The van der Waals surface area contributed by atoms with Crippen LogP contribution in [-0.4, -0.2) is 23.7 Å². The Morgan fingerprint density at radius 3 is 2.38 bits per heavy atom. The van der Waals surface area contributed by atoms with Crippen molar-refractivity contribution in [2.45, 2.75) is 26.8 Å². The molecule has 72 valence electrons. The number of hydrogen-bond donors (Lipinski definition) is 2. The maximum Gasteiger partial charge on any atom is 0.262 e. The molecule has 1 rings (SSSR count). The van der Waals surface area contributed by atoms with Gasteiger partial charge in [-0.1, -0.05) is 0 Å². The van der Waals surface area contributed by atoms with Crippen molar-refractivity contribution in [2.75, 3.05) is 0 Å². The van der Waals surface area contributed by atoms with Crippen molar-refractivity contribution in [1.82, 2.24) is 5.32 Å². The molecule has 0 aromatic heterocycles. The molecule has 5 nitrogen and oxygen atoms in total. The minimum absolute atomic E-state index is 0.245. The zero-order valence-corrected chi connectivity index (χ0v) is 7.92. The molecule has 1 atom stereocenters. The molecule has 0 saturated heterocycles. The highest BCUT2D eigenvalue weighted by Gasteiger charge is 2.40. The lowest BCUT2D eigenvalue weighted by Gasteiger charge is -2.26. The van der Waals surface area contributed by atoms with Crippen LogP contribution < -0.4 is 11.1 Å². The molecular weight excluding hydrogens is 170 g/mol. The van der Waals surface area contributed by atoms with Gasteiger partial charge in [0.15, 0.2) is 0 Å². The summed E-state index contributed by atoms with van der Waals surface area (Å²) in [5, 5.41) is 2.50. The maximum absolute atomic E-state index is 11.4. The molecule has 3 N–H and O–H groups in total. The molecule has 0 aromatic rings. The van der Waals surface area contributed by atoms with E-state index in [-0.39, 0.29) is 11.7 Å². The second-order valence-corrected chi connectivity index (χ2v) is 3.67. The van der Waals surface area contributed by atoms with Crippen LogP contribution in [0, 0.1) is 5.41 Å². The summed E-state index contributed by atoms with van der Waals surface area (Å²) in [7, 11) is 0. The monoisotopic (exact) mass is 183 g/mol. The van der Waals surface area contributed by atoms with Crippen molar-refractivity contribution in [3.63, 3.8) is 0 Å². The number of amidine groups is 1. The van der Waals surface area contributed by atoms with Crippen molar-refractivity contribution in [1.29, 1.82) is 0 Å². The van der Waals surface area contributed by atoms with Gasteiger partial charge in [-0.3, -0.25) is 9.59 Å². The minimum Gasteiger partial charge on any atom is -0.322 e. The molecule has 0 aliphatic carbocycles. The fourth-order valence-electron chi connectivity index (χ4n) is 0.862. The summed E-state index contributed by atoms with van der Waals surface area (Å²) in [6.07, 6.45) is 0. The summed E-state index contributed by atoms with van der Waals surface area (Å²) in [6, 6.07) is -0.427. The van der Waals surface area contributed by atoms with Gasteiger partial charge in [-0.25, -0.2) is 0 Å². The van der Waals surface area contributed by atoms with Crippen LogP contribution in [0.1, 0.15) is 20.8 Å². The third-order valence-electron chi connectivity index (χ3n) is 2.00. The second-order valence-electron chi connectivity index (χ2n) is 3.67. The predicted molar refractivity (Wildman–Crippen MR) is 48.0 cm³/mol. The number of nitrogens with one attached hydrogen (secondary N) is 1. The SMILES string of the molecule is CC(N)C1=NC(=O)C(C)(C)C(=O)N1. The first-order valence-electron chi connectivity index (χ1n) is 4.05. The van der Waals surface area contributed by atoms with Crippen molar-refractivity contribution in [3.05, 3.63) is 0 Å². The Morgan fingerprint density at radius 1 is 1.46 bits per heavy atom. The van der Waals surface area contributed by atoms with Crippen LogP contribution in [0.15, 0.2) is 4.99 Å². The molecule has 1 aliphatic rings. The lowest BCUT2D eigenvalue weighted by Crippen LogP contribution is -2.53. The summed E-state index contributed by atoms with van der Waals surface area (Å²) >= 11 is 0. The van der Waals surface area contributed by atoms with Crippen LogP contribution in [0.2, 0.25) is 0 Å². The van der Waals surface area contributed by atoms with Crippen molar-refractivity contribution >= 4 is 17.6 Å². The van der Waals surface area contributed by atoms with E-state index in [1.807, 2.05) is 0 Å². The smallest absolute Gasteiger partial charge is 0.262 e. The van der Waals surface area contributed by atoms with Gasteiger partial charge in [0.1, 0.15) is 11.3 Å². The van der Waals surface area contributed by atoms with Crippen molar-refractivity contribution < 1.29 is 9.59 Å². The summed E-state index contributed by atoms with van der Waals surface area (Å²) in [5.41, 5.74) is 4.41. The largest absolute Gasteiger partial charge is 0.322 e. The van der Waals surface area contributed by atoms with Crippen molar-refractivity contribution in [3.8, 4) is 0 Å². The fraction of sp³-hybridized carbons (Fsp3) is 0.625. The van der Waals surface area contributed by atoms with E-state index >= 15 is 0 Å². The standard InChI is InChI=1S/C8H13N3O2/c1-4(9)5-10-6(12)8(2,3)7(13)11-5/h4H,9H2,1-3H3,(H,10,11,12,13). The number of hydrogen-bond acceptors (Lipinski definition) is 3. The van der Waals surface area contributed by atoms with Crippen LogP contribution in [0.5, 0.6) is 0 Å². The summed E-state index contributed by atoms with van der Waals surface area (Å²) < 4.78 is 0. The average molecular weight is 183 g/mol. The molecule has 0 aromatic carbocycles. The Labute approximate surface area is 76.4 Å². The first kappa shape index (κ1) is 9.85. The Kier molecular flexibility index (Phi) is 2.21. The number of nitrogens with zero attached hydrogens (tertiary/aromatic N) is 1. The number of carbonyl (C=O) groups excluding carboxylic acids is 2. The quantitative estimate of drug-likeness (QED) is 0.533. The molecule has 13 heavy (non-hydrogen) atoms. The van der Waals surface area contributed by atoms with E-state index in [9.17, 15) is 9.59 Å². The number of rotatable bonds is 1. The number of aliphatic imine (C=N–C) groups is 1. The zero-order chi connectivity index (χ0) is 10.2. The number of amides is 2. The van der Waals surface area contributed by atoms with Crippen molar-refractivity contribution in [2.24, 2.45) is 16.1 Å². The lowest BCUT2D eigenvalue weighted by molar-refractivity contribution is -0.139. The normalized spacial score (nSPS) is 23.5. The molecule has 0 saturated carbocycles. The Hall–Kier alpha value is -1.23. The minimum atomic E-state index is -1.07. The van der Waals surface area contributed by atoms with Gasteiger partial charge in [0.05, 0.1) is 6.04 Å². The molecule has 1 heterocycles. The molecule has 2 amide bonds. The first-order valence-corrected chi connectivity index (χ1v) is 4.05. The number of nitrogens with two attached hydrogens (primary N) is 1. The second kappa shape index (κ2) is 2.92. The summed E-state index contributed by atoms with van der Waals surface area (Å²) in [4.78, 5) is 26.4. The van der Waals surface area contributed by atoms with Gasteiger partial charge in [-0.2, -0.15) is 4.99 Å². The Bertz CT molecular complexity index is 292. The third kappa shape index (κ3) is 1.60. The van der Waals surface area contributed by atoms with Gasteiger partial charge in [0.2, 0.25) is 5.91 Å². The molecule has 0 radical (unpaired) electrons. The van der Waals surface area contributed by atoms with E-state index in [0.29, 0.717) is 0 Å². The van der Waals surface area contributed by atoms with E-state index in [1.54, 1.807) is 6.92 Å². The molecule has 1 aliphatic heterocycles. The van der Waals surface area contributed by atoms with Crippen LogP contribution in [0.25, 0.3) is 0 Å². The van der Waals surface area contributed by atoms with Gasteiger partial charge >= 0.3 is 0 Å². The molecule has 0 spiro atoms. The predicted octanol–water partition coefficient (Wildman–Crippen LogP) is -0.585. The highest BCUT2D eigenvalue weighted by molar-refractivity contribution is 6.19. The lowest BCUT2D eigenvalue weighted by atomic mass is 9.90. The van der Waals surface area contributed by atoms with E-state index < -0.39 is 17.4 Å². The maximum atomic E-state index is 11.4. The fourth-order valence-corrected chi connectivity index (χ4v) is 0.862. The molecular formula is C8H13N3O2. The average Bonchev–Trinajstić information content (AvgIpc) is 2.00. The molecule has 0 fully saturated rings. The van der Waals surface area contributed by atoms with Crippen LogP contribution in [0.4, 0.5) is 0 Å². The molecule has 5 heteroatoms. The van der Waals surface area contributed by atoms with Gasteiger partial charge in [0.25, 0.3) is 5.91 Å². The molecule has 0 bridgehead atoms. The van der Waals surface area contributed by atoms with Crippen LogP contribution in [-0.2, 0) is 9.59 Å². The van der Waals surface area contributed by atoms with Crippen LogP contribution >= 0.6 is 0 Å². The Morgan fingerprint density at radius 2 is 2.00 bits per heavy atom. The third-order valence-corrected chi connectivity index (χ3v) is 2.00. The highest BCUT2D eigenvalue weighted by atomic mass is 16.2. The topological polar surface area (TPSA) is 84.5 Å². The van der Waals surface area contributed by atoms with E-state index in [4.69, 9.17) is 5.73 Å². The van der Waals surface area contributed by atoms with Gasteiger partial charge in [0, 0.05) is 0 Å². The summed E-state index contributed by atoms with van der Waals surface area (Å²) in [5.74, 6) is -0.544. The van der Waals surface area contributed by atoms with E-state index in [2.05, 4.69) is 10.3 Å². The van der Waals surface area contributed by atoms with Gasteiger partial charge in [-0.05, 0) is 20.8 Å². The summed E-state index contributed by atoms with van der Waals surface area (Å²) in [6.45, 7) is 4.73. The van der Waals surface area contributed by atoms with E-state index in [1.165, 1.54) is 13.8 Å². The Balaban J connectivity index is 3.02.